The highest BCUT2D eigenvalue weighted by molar-refractivity contribution is 6.16. The first-order chi connectivity index (χ1) is 32.8. The van der Waals surface area contributed by atoms with Gasteiger partial charge in [-0.05, 0) is 96.5 Å². The van der Waals surface area contributed by atoms with Crippen molar-refractivity contribution in [1.82, 2.24) is 15.5 Å². The molecule has 4 aliphatic rings. The SMILES string of the molecule is CNC1(C(O)=C(C(=O)NC2=C(C3=NC[N-]C(C(F)(F)F)C3)CC(C(F)(F)F)CC2)C(=O)[NH2+]CC2=CCC(OCOCCOCCOCCOCCN(C)CCCCC(O)CO)C(F)=C2F)CCCC1. The van der Waals surface area contributed by atoms with Gasteiger partial charge in [0.05, 0.1) is 70.4 Å². The molecule has 4 atom stereocenters. The maximum Gasteiger partial charge on any atom is 0.392 e. The summed E-state index contributed by atoms with van der Waals surface area (Å²) in [5, 5.41) is 39.5. The average molecular weight is 1010 g/mol. The van der Waals surface area contributed by atoms with Crippen LogP contribution in [-0.2, 0) is 33.3 Å². The second-order valence-corrected chi connectivity index (χ2v) is 17.4. The molecule has 1 fully saturated rings. The topological polar surface area (TPSA) is 211 Å². The fourth-order valence-electron chi connectivity index (χ4n) is 8.37. The lowest BCUT2D eigenvalue weighted by Gasteiger charge is -2.39. The summed E-state index contributed by atoms with van der Waals surface area (Å²) < 4.78 is 140. The highest BCUT2D eigenvalue weighted by atomic mass is 19.4. The molecule has 3 aliphatic carbocycles. The molecule has 1 heterocycles. The number of alkyl halides is 6. The third-order valence-corrected chi connectivity index (χ3v) is 12.5. The predicted molar refractivity (Wildman–Crippen MR) is 235 cm³/mol. The van der Waals surface area contributed by atoms with Gasteiger partial charge in [0.1, 0.15) is 25.2 Å². The van der Waals surface area contributed by atoms with Gasteiger partial charge in [0.25, 0.3) is 5.91 Å². The molecule has 4 unspecified atom stereocenters. The Labute approximate surface area is 396 Å². The smallest absolute Gasteiger partial charge is 0.392 e. The van der Waals surface area contributed by atoms with Gasteiger partial charge in [-0.2, -0.15) is 26.3 Å². The largest absolute Gasteiger partial charge is 0.633 e. The van der Waals surface area contributed by atoms with E-state index >= 15 is 8.78 Å². The minimum absolute atomic E-state index is 0.0820. The molecule has 4 rings (SSSR count). The normalized spacial score (nSPS) is 22.2. The molecule has 394 valence electrons. The lowest BCUT2D eigenvalue weighted by molar-refractivity contribution is -0.556. The Balaban J connectivity index is 1.24. The zero-order valence-corrected chi connectivity index (χ0v) is 39.2. The molecule has 0 aromatic rings. The van der Waals surface area contributed by atoms with E-state index in [1.54, 1.807) is 0 Å². The maximum atomic E-state index is 15.4. The highest BCUT2D eigenvalue weighted by Crippen LogP contribution is 2.42. The molecule has 24 heteroatoms. The molecule has 0 aromatic carbocycles. The zero-order valence-electron chi connectivity index (χ0n) is 39.2. The Kier molecular flexibility index (Phi) is 24.1. The second-order valence-electron chi connectivity index (χ2n) is 17.4. The van der Waals surface area contributed by atoms with Crippen LogP contribution in [0, 0.1) is 5.92 Å². The van der Waals surface area contributed by atoms with E-state index in [0.717, 1.165) is 31.2 Å². The van der Waals surface area contributed by atoms with Crippen LogP contribution in [0.2, 0.25) is 0 Å². The van der Waals surface area contributed by atoms with Gasteiger partial charge in [0, 0.05) is 23.5 Å². The quantitative estimate of drug-likeness (QED) is 0.0116. The Bertz CT molecular complexity index is 1820. The Morgan fingerprint density at radius 2 is 1.61 bits per heavy atom. The molecule has 0 saturated heterocycles. The molecular formula is C45H68F8N6O10. The number of hydrogen-bond donors (Lipinski definition) is 6. The summed E-state index contributed by atoms with van der Waals surface area (Å²) in [5.41, 5.74) is -3.07. The van der Waals surface area contributed by atoms with Crippen molar-refractivity contribution in [2.45, 2.75) is 113 Å². The summed E-state index contributed by atoms with van der Waals surface area (Å²) in [6, 6.07) is -2.23. The van der Waals surface area contributed by atoms with E-state index in [9.17, 15) is 46.1 Å². The number of nitrogens with zero attached hydrogens (tertiary/aromatic N) is 3. The van der Waals surface area contributed by atoms with Crippen LogP contribution in [0.15, 0.2) is 50.9 Å². The summed E-state index contributed by atoms with van der Waals surface area (Å²) in [6.07, 6.45) is -8.90. The number of nitrogens with two attached hydrogens (primary N) is 1. The Morgan fingerprint density at radius 3 is 2.23 bits per heavy atom. The fraction of sp³-hybridized carbons (Fsp3) is 0.756. The highest BCUT2D eigenvalue weighted by Gasteiger charge is 2.46. The van der Waals surface area contributed by atoms with Crippen LogP contribution in [0.4, 0.5) is 35.1 Å². The summed E-state index contributed by atoms with van der Waals surface area (Å²) in [4.78, 5) is 34.1. The summed E-state index contributed by atoms with van der Waals surface area (Å²) >= 11 is 0. The molecule has 0 bridgehead atoms. The van der Waals surface area contributed by atoms with Crippen LogP contribution < -0.4 is 16.0 Å². The van der Waals surface area contributed by atoms with Gasteiger partial charge in [-0.25, -0.2) is 13.6 Å². The number of carbonyl (C=O) groups excluding carboxylic acids is 2. The number of aliphatic imine (C=N–C) groups is 1. The molecule has 16 nitrogen and oxygen atoms in total. The molecule has 0 radical (unpaired) electrons. The molecular weight excluding hydrogens is 937 g/mol. The molecule has 2 amide bonds. The van der Waals surface area contributed by atoms with E-state index in [0.29, 0.717) is 58.5 Å². The number of hydrogen-bond acceptors (Lipinski definition) is 13. The average Bonchev–Trinajstić information content (AvgIpc) is 3.82. The van der Waals surface area contributed by atoms with E-state index in [-0.39, 0.29) is 55.4 Å². The number of amides is 2. The molecule has 1 saturated carbocycles. The van der Waals surface area contributed by atoms with E-state index in [1.165, 1.54) is 13.1 Å². The van der Waals surface area contributed by atoms with Crippen molar-refractivity contribution in [2.24, 2.45) is 10.9 Å². The van der Waals surface area contributed by atoms with Gasteiger partial charge in [0.15, 0.2) is 17.2 Å². The monoisotopic (exact) mass is 1000 g/mol. The Morgan fingerprint density at radius 1 is 0.957 bits per heavy atom. The van der Waals surface area contributed by atoms with Crippen LogP contribution in [0.1, 0.15) is 77.0 Å². The number of aliphatic hydroxyl groups excluding tert-OH is 3. The number of nitrogens with one attached hydrogen (secondary N) is 2. The zero-order chi connectivity index (χ0) is 50.6. The van der Waals surface area contributed by atoms with Crippen LogP contribution in [0.3, 0.4) is 0 Å². The van der Waals surface area contributed by atoms with Crippen molar-refractivity contribution in [3.05, 3.63) is 51.2 Å². The van der Waals surface area contributed by atoms with Gasteiger partial charge in [0.2, 0.25) is 0 Å². The third kappa shape index (κ3) is 18.3. The lowest BCUT2D eigenvalue weighted by Crippen LogP contribution is -2.89. The van der Waals surface area contributed by atoms with Gasteiger partial charge >= 0.3 is 18.3 Å². The van der Waals surface area contributed by atoms with Crippen molar-refractivity contribution in [3.63, 3.8) is 0 Å². The molecule has 0 aromatic heterocycles. The molecule has 0 spiro atoms. The fourth-order valence-corrected chi connectivity index (χ4v) is 8.37. The standard InChI is InChI=1S/C45H67F8N6O10/c1-54-43(12-4-5-13-43)40(62)37(42(64)58-33-10-9-30(44(48,49)50)23-32(33)34-24-36(45(51,52)53)57-27-56-34)41(63)55-25-29-8-11-35(39(47)38(29)46)69-28-68-22-21-67-20-19-66-18-17-65-16-15-59(2)14-6-3-7-31(61)26-60/h8,30-31,35-36,54,60-62H,3-7,9-28H2,1-2H3,(H,55,63)(H,58,64)/q-1/p+1. The minimum atomic E-state index is -4.80. The first-order valence-electron chi connectivity index (χ1n) is 23.3. The van der Waals surface area contributed by atoms with Crippen molar-refractivity contribution >= 4 is 17.5 Å². The lowest BCUT2D eigenvalue weighted by atomic mass is 9.82. The van der Waals surface area contributed by atoms with Crippen LogP contribution in [0.5, 0.6) is 0 Å². The van der Waals surface area contributed by atoms with Crippen molar-refractivity contribution < 1.29 is 89.0 Å². The Hall–Kier alpha value is -3.43. The maximum absolute atomic E-state index is 15.4. The van der Waals surface area contributed by atoms with Gasteiger partial charge in [-0.1, -0.05) is 25.6 Å². The molecule has 1 aliphatic heterocycles. The number of likely N-dealkylation sites (N-methyl/N-ethyl adjacent to an activating group) is 2. The number of aliphatic hydroxyl groups is 3. The van der Waals surface area contributed by atoms with Crippen molar-refractivity contribution in [3.8, 4) is 0 Å². The number of ether oxygens (including phenoxy) is 5. The summed E-state index contributed by atoms with van der Waals surface area (Å²) in [5.74, 6) is -7.55. The van der Waals surface area contributed by atoms with Crippen molar-refractivity contribution in [1.29, 1.82) is 0 Å². The predicted octanol–water partition coefficient (Wildman–Crippen LogP) is 4.61. The summed E-state index contributed by atoms with van der Waals surface area (Å²) in [6.45, 7) is 1.96. The van der Waals surface area contributed by atoms with Gasteiger partial charge in [-0.15, -0.1) is 0 Å². The van der Waals surface area contributed by atoms with E-state index in [2.05, 4.69) is 25.8 Å². The summed E-state index contributed by atoms with van der Waals surface area (Å²) in [7, 11) is 3.48. The number of primary amides is 1. The van der Waals surface area contributed by atoms with E-state index in [4.69, 9.17) is 28.8 Å². The second kappa shape index (κ2) is 28.6. The number of rotatable bonds is 29. The minimum Gasteiger partial charge on any atom is -0.633 e. The number of halogens is 8. The van der Waals surface area contributed by atoms with Gasteiger partial charge in [-0.3, -0.25) is 10.1 Å². The molecule has 69 heavy (non-hydrogen) atoms. The molecule has 7 N–H and O–H groups in total. The number of unbranched alkanes of at least 4 members (excludes halogenated alkanes) is 1. The van der Waals surface area contributed by atoms with E-state index in [1.807, 2.05) is 7.05 Å². The van der Waals surface area contributed by atoms with Crippen LogP contribution in [0.25, 0.3) is 5.32 Å². The number of quaternary nitrogens is 1. The number of carbonyl (C=O) groups is 2. The third-order valence-electron chi connectivity index (χ3n) is 12.5. The first kappa shape index (κ1) is 58.1. The van der Waals surface area contributed by atoms with Crippen LogP contribution in [-0.4, -0.2) is 174 Å². The van der Waals surface area contributed by atoms with Crippen LogP contribution >= 0.6 is 0 Å². The van der Waals surface area contributed by atoms with E-state index < -0.39 is 123 Å². The number of allylic oxidation sites excluding steroid dienone is 2. The van der Waals surface area contributed by atoms with Crippen molar-refractivity contribution in [2.75, 3.05) is 100 Å². The van der Waals surface area contributed by atoms with Gasteiger partial charge < -0.3 is 64.8 Å². The first-order valence-corrected chi connectivity index (χ1v) is 23.3.